The van der Waals surface area contributed by atoms with E-state index in [1.54, 1.807) is 6.07 Å². The summed E-state index contributed by atoms with van der Waals surface area (Å²) in [6.45, 7) is 3.56. The van der Waals surface area contributed by atoms with Crippen LogP contribution in [0.4, 0.5) is 0 Å². The molecule has 1 aliphatic rings. The molecule has 1 saturated heterocycles. The van der Waals surface area contributed by atoms with E-state index in [4.69, 9.17) is 9.84 Å². The van der Waals surface area contributed by atoms with Crippen molar-refractivity contribution in [3.8, 4) is 0 Å². The lowest BCUT2D eigenvalue weighted by molar-refractivity contribution is 0.0105. The number of carboxylic acid groups (broad SMARTS) is 1. The molecule has 5 nitrogen and oxygen atoms in total. The highest BCUT2D eigenvalue weighted by Crippen LogP contribution is 2.17. The lowest BCUT2D eigenvalue weighted by Crippen LogP contribution is -2.45. The molecule has 1 aromatic carbocycles. The van der Waals surface area contributed by atoms with Crippen molar-refractivity contribution in [1.82, 2.24) is 10.4 Å². The van der Waals surface area contributed by atoms with E-state index in [0.717, 1.165) is 23.1 Å². The third-order valence-electron chi connectivity index (χ3n) is 2.81. The lowest BCUT2D eigenvalue weighted by Gasteiger charge is -2.27. The molecule has 0 amide bonds. The maximum absolute atomic E-state index is 11.1. The molecule has 0 aliphatic carbocycles. The number of carboxylic acids is 1. The van der Waals surface area contributed by atoms with Gasteiger partial charge in [0.15, 0.2) is 0 Å². The zero-order chi connectivity index (χ0) is 13.0. The molecule has 0 bridgehead atoms. The first-order valence-corrected chi connectivity index (χ1v) is 6.54. The maximum Gasteiger partial charge on any atom is 0.336 e. The summed E-state index contributed by atoms with van der Waals surface area (Å²) in [5.41, 5.74) is 4.33. The van der Waals surface area contributed by atoms with E-state index in [-0.39, 0.29) is 0 Å². The molecular weight excluding hydrogens is 300 g/mol. The van der Waals surface area contributed by atoms with E-state index >= 15 is 0 Å². The molecular formula is C12H15BrN2O3. The molecule has 0 saturated carbocycles. The first kappa shape index (κ1) is 13.5. The van der Waals surface area contributed by atoms with Crippen molar-refractivity contribution in [2.24, 2.45) is 0 Å². The Morgan fingerprint density at radius 1 is 1.44 bits per heavy atom. The summed E-state index contributed by atoms with van der Waals surface area (Å²) < 4.78 is 6.02. The minimum atomic E-state index is -0.907. The zero-order valence-corrected chi connectivity index (χ0v) is 11.4. The average Bonchev–Trinajstić information content (AvgIpc) is 2.38. The fraction of sp³-hybridized carbons (Fsp3) is 0.417. The van der Waals surface area contributed by atoms with Gasteiger partial charge in [0.1, 0.15) is 0 Å². The van der Waals surface area contributed by atoms with Gasteiger partial charge in [0, 0.05) is 24.1 Å². The molecule has 6 heteroatoms. The van der Waals surface area contributed by atoms with Gasteiger partial charge in [-0.15, -0.1) is 0 Å². The van der Waals surface area contributed by atoms with Crippen LogP contribution >= 0.6 is 15.9 Å². The van der Waals surface area contributed by atoms with Gasteiger partial charge in [-0.1, -0.05) is 22.0 Å². The van der Waals surface area contributed by atoms with Crippen LogP contribution in [0.3, 0.4) is 0 Å². The molecule has 1 aromatic rings. The van der Waals surface area contributed by atoms with E-state index in [1.165, 1.54) is 0 Å². The number of hydrogen-bond donors (Lipinski definition) is 2. The van der Waals surface area contributed by atoms with E-state index in [2.05, 4.69) is 26.4 Å². The van der Waals surface area contributed by atoms with Crippen molar-refractivity contribution in [2.45, 2.75) is 6.54 Å². The quantitative estimate of drug-likeness (QED) is 0.881. The van der Waals surface area contributed by atoms with Crippen LogP contribution in [0.15, 0.2) is 22.7 Å². The number of halogens is 1. The van der Waals surface area contributed by atoms with Crippen LogP contribution in [-0.2, 0) is 11.3 Å². The Balaban J connectivity index is 2.01. The van der Waals surface area contributed by atoms with Crippen molar-refractivity contribution in [1.29, 1.82) is 0 Å². The molecule has 1 heterocycles. The number of aromatic carboxylic acids is 1. The lowest BCUT2D eigenvalue weighted by atomic mass is 10.1. The number of carbonyl (C=O) groups is 1. The highest BCUT2D eigenvalue weighted by atomic mass is 79.9. The summed E-state index contributed by atoms with van der Waals surface area (Å²) >= 11 is 3.28. The number of hydrazine groups is 1. The van der Waals surface area contributed by atoms with Crippen molar-refractivity contribution in [3.05, 3.63) is 33.8 Å². The monoisotopic (exact) mass is 314 g/mol. The number of hydrogen-bond acceptors (Lipinski definition) is 4. The summed E-state index contributed by atoms with van der Waals surface area (Å²) in [4.78, 5) is 11.1. The van der Waals surface area contributed by atoms with E-state index in [0.29, 0.717) is 25.3 Å². The molecule has 1 aliphatic heterocycles. The normalized spacial score (nSPS) is 16.7. The van der Waals surface area contributed by atoms with Crippen LogP contribution in [-0.4, -0.2) is 42.4 Å². The molecule has 1 fully saturated rings. The van der Waals surface area contributed by atoms with Gasteiger partial charge in [-0.25, -0.2) is 9.80 Å². The molecule has 0 atom stereocenters. The van der Waals surface area contributed by atoms with Gasteiger partial charge >= 0.3 is 5.97 Å². The fourth-order valence-electron chi connectivity index (χ4n) is 1.82. The SMILES string of the molecule is O=C(O)c1cc(Br)ccc1CNN1CCOCC1. The highest BCUT2D eigenvalue weighted by molar-refractivity contribution is 9.10. The van der Waals surface area contributed by atoms with Crippen molar-refractivity contribution < 1.29 is 14.6 Å². The number of rotatable bonds is 4. The Hall–Kier alpha value is -0.950. The number of ether oxygens (including phenoxy) is 1. The van der Waals surface area contributed by atoms with Crippen LogP contribution in [0.5, 0.6) is 0 Å². The number of nitrogens with zero attached hydrogens (tertiary/aromatic N) is 1. The standard InChI is InChI=1S/C12H15BrN2O3/c13-10-2-1-9(11(7-10)12(16)17)8-14-15-3-5-18-6-4-15/h1-2,7,14H,3-6,8H2,(H,16,17). The summed E-state index contributed by atoms with van der Waals surface area (Å²) in [5.74, 6) is -0.907. The number of nitrogens with one attached hydrogen (secondary N) is 1. The largest absolute Gasteiger partial charge is 0.478 e. The summed E-state index contributed by atoms with van der Waals surface area (Å²) in [5, 5.41) is 11.2. The summed E-state index contributed by atoms with van der Waals surface area (Å²) in [6.07, 6.45) is 0. The topological polar surface area (TPSA) is 61.8 Å². The first-order chi connectivity index (χ1) is 8.66. The molecule has 2 rings (SSSR count). The zero-order valence-electron chi connectivity index (χ0n) is 9.86. The van der Waals surface area contributed by atoms with Gasteiger partial charge in [-0.2, -0.15) is 0 Å². The molecule has 0 unspecified atom stereocenters. The molecule has 18 heavy (non-hydrogen) atoms. The highest BCUT2D eigenvalue weighted by Gasteiger charge is 2.13. The summed E-state index contributed by atoms with van der Waals surface area (Å²) in [7, 11) is 0. The van der Waals surface area contributed by atoms with Gasteiger partial charge in [0.2, 0.25) is 0 Å². The Bertz CT molecular complexity index is 433. The van der Waals surface area contributed by atoms with Gasteiger partial charge in [0.05, 0.1) is 18.8 Å². The third-order valence-corrected chi connectivity index (χ3v) is 3.30. The fourth-order valence-corrected chi connectivity index (χ4v) is 2.18. The second kappa shape index (κ2) is 6.29. The van der Waals surface area contributed by atoms with Crippen molar-refractivity contribution >= 4 is 21.9 Å². The minimum absolute atomic E-state index is 0.324. The van der Waals surface area contributed by atoms with Crippen LogP contribution in [0.25, 0.3) is 0 Å². The Morgan fingerprint density at radius 2 is 2.17 bits per heavy atom. The van der Waals surface area contributed by atoms with Crippen LogP contribution < -0.4 is 5.43 Å². The third kappa shape index (κ3) is 3.52. The minimum Gasteiger partial charge on any atom is -0.478 e. The van der Waals surface area contributed by atoms with E-state index in [1.807, 2.05) is 12.1 Å². The smallest absolute Gasteiger partial charge is 0.336 e. The first-order valence-electron chi connectivity index (χ1n) is 5.75. The number of benzene rings is 1. The van der Waals surface area contributed by atoms with Crippen molar-refractivity contribution in [3.63, 3.8) is 0 Å². The maximum atomic E-state index is 11.1. The summed E-state index contributed by atoms with van der Waals surface area (Å²) in [6, 6.07) is 5.29. The molecule has 98 valence electrons. The van der Waals surface area contributed by atoms with E-state index < -0.39 is 5.97 Å². The molecule has 0 aromatic heterocycles. The van der Waals surface area contributed by atoms with E-state index in [9.17, 15) is 4.79 Å². The number of morpholine rings is 1. The van der Waals surface area contributed by atoms with Gasteiger partial charge in [-0.3, -0.25) is 5.43 Å². The van der Waals surface area contributed by atoms with Gasteiger partial charge in [-0.05, 0) is 17.7 Å². The predicted octanol–water partition coefficient (Wildman–Crippen LogP) is 1.48. The Morgan fingerprint density at radius 3 is 2.83 bits per heavy atom. The Labute approximate surface area is 114 Å². The van der Waals surface area contributed by atoms with Crippen LogP contribution in [0, 0.1) is 0 Å². The predicted molar refractivity (Wildman–Crippen MR) is 70.3 cm³/mol. The molecule has 0 radical (unpaired) electrons. The van der Waals surface area contributed by atoms with Crippen molar-refractivity contribution in [2.75, 3.05) is 26.3 Å². The second-order valence-electron chi connectivity index (χ2n) is 4.04. The molecule has 0 spiro atoms. The van der Waals surface area contributed by atoms with Gasteiger partial charge in [0.25, 0.3) is 0 Å². The Kier molecular flexibility index (Phi) is 4.71. The molecule has 2 N–H and O–H groups in total. The van der Waals surface area contributed by atoms with Crippen LogP contribution in [0.1, 0.15) is 15.9 Å². The van der Waals surface area contributed by atoms with Crippen LogP contribution in [0.2, 0.25) is 0 Å². The van der Waals surface area contributed by atoms with Gasteiger partial charge < -0.3 is 9.84 Å². The average molecular weight is 315 g/mol. The second-order valence-corrected chi connectivity index (χ2v) is 4.96.